The van der Waals surface area contributed by atoms with Crippen LogP contribution in [0.15, 0.2) is 16.9 Å². The molecule has 0 spiro atoms. The van der Waals surface area contributed by atoms with Crippen molar-refractivity contribution in [1.82, 2.24) is 25.2 Å². The molecule has 0 aliphatic carbocycles. The molecule has 0 saturated heterocycles. The minimum Gasteiger partial charge on any atom is -0.359 e. The average molecular weight is 236 g/mol. The van der Waals surface area contributed by atoms with E-state index in [4.69, 9.17) is 4.52 Å². The van der Waals surface area contributed by atoms with Gasteiger partial charge in [0, 0.05) is 13.1 Å². The topological polar surface area (TPSA) is 99.9 Å². The summed E-state index contributed by atoms with van der Waals surface area (Å²) in [5.41, 5.74) is 0.782. The molecule has 0 radical (unpaired) electrons. The van der Waals surface area contributed by atoms with E-state index in [0.29, 0.717) is 18.3 Å². The second kappa shape index (κ2) is 4.64. The highest BCUT2D eigenvalue weighted by molar-refractivity contribution is 5.87. The highest BCUT2D eigenvalue weighted by Crippen LogP contribution is 2.06. The summed E-state index contributed by atoms with van der Waals surface area (Å²) in [5, 5.41) is 12.4. The molecule has 17 heavy (non-hydrogen) atoms. The largest absolute Gasteiger partial charge is 0.359 e. The molecule has 8 heteroatoms. The average Bonchev–Trinajstić information content (AvgIpc) is 2.90. The third-order valence-corrected chi connectivity index (χ3v) is 2.06. The first-order valence-electron chi connectivity index (χ1n) is 4.95. The first-order chi connectivity index (χ1) is 8.15. The standard InChI is InChI=1S/C9H12N6O2/c1-6-3-7(17-14-6)4-15(2)9(16)12-8-10-5-11-13-8/h3,5H,4H2,1-2H3,(H2,10,11,12,13,16). The molecule has 0 aliphatic heterocycles. The van der Waals surface area contributed by atoms with Crippen LogP contribution in [0.5, 0.6) is 0 Å². The fourth-order valence-electron chi connectivity index (χ4n) is 1.26. The molecule has 90 valence electrons. The molecular weight excluding hydrogens is 224 g/mol. The maximum atomic E-state index is 11.7. The molecule has 0 aliphatic rings. The lowest BCUT2D eigenvalue weighted by atomic mass is 10.4. The van der Waals surface area contributed by atoms with Gasteiger partial charge >= 0.3 is 6.03 Å². The summed E-state index contributed by atoms with van der Waals surface area (Å²) < 4.78 is 5.01. The number of nitrogens with zero attached hydrogens (tertiary/aromatic N) is 4. The van der Waals surface area contributed by atoms with Gasteiger partial charge in [0.15, 0.2) is 5.76 Å². The molecule has 0 fully saturated rings. The smallest absolute Gasteiger partial charge is 0.324 e. The van der Waals surface area contributed by atoms with E-state index >= 15 is 0 Å². The van der Waals surface area contributed by atoms with Crippen molar-refractivity contribution in [3.8, 4) is 0 Å². The second-order valence-electron chi connectivity index (χ2n) is 3.55. The number of hydrogen-bond donors (Lipinski definition) is 2. The summed E-state index contributed by atoms with van der Waals surface area (Å²) in [6, 6.07) is 1.47. The lowest BCUT2D eigenvalue weighted by Gasteiger charge is -2.14. The molecule has 0 saturated carbocycles. The number of anilines is 1. The number of nitrogens with one attached hydrogen (secondary N) is 2. The lowest BCUT2D eigenvalue weighted by molar-refractivity contribution is 0.214. The highest BCUT2D eigenvalue weighted by Gasteiger charge is 2.12. The number of urea groups is 1. The van der Waals surface area contributed by atoms with Crippen molar-refractivity contribution in [2.45, 2.75) is 13.5 Å². The third-order valence-electron chi connectivity index (χ3n) is 2.06. The van der Waals surface area contributed by atoms with Crippen LogP contribution in [0.2, 0.25) is 0 Å². The van der Waals surface area contributed by atoms with Gasteiger partial charge in [0.1, 0.15) is 6.33 Å². The van der Waals surface area contributed by atoms with Gasteiger partial charge in [-0.05, 0) is 6.92 Å². The Morgan fingerprint density at radius 1 is 1.65 bits per heavy atom. The maximum absolute atomic E-state index is 11.7. The molecule has 2 N–H and O–H groups in total. The number of carbonyl (C=O) groups excluding carboxylic acids is 1. The minimum absolute atomic E-state index is 0.301. The predicted molar refractivity (Wildman–Crippen MR) is 58.1 cm³/mol. The van der Waals surface area contributed by atoms with E-state index in [1.807, 2.05) is 6.92 Å². The first kappa shape index (κ1) is 11.1. The zero-order valence-corrected chi connectivity index (χ0v) is 9.47. The summed E-state index contributed by atoms with van der Waals surface area (Å²) in [6.07, 6.45) is 1.31. The van der Waals surface area contributed by atoms with Crippen LogP contribution in [0.25, 0.3) is 0 Å². The number of aromatic amines is 1. The van der Waals surface area contributed by atoms with E-state index in [-0.39, 0.29) is 6.03 Å². The Morgan fingerprint density at radius 3 is 3.06 bits per heavy atom. The summed E-state index contributed by atoms with van der Waals surface area (Å²) in [6.45, 7) is 2.16. The van der Waals surface area contributed by atoms with Gasteiger partial charge in [-0.2, -0.15) is 10.1 Å². The van der Waals surface area contributed by atoms with E-state index in [0.717, 1.165) is 5.69 Å². The Bertz CT molecular complexity index is 491. The Kier molecular flexibility index (Phi) is 3.03. The van der Waals surface area contributed by atoms with Gasteiger partial charge in [0.05, 0.1) is 12.2 Å². The molecule has 0 atom stereocenters. The molecule has 2 rings (SSSR count). The second-order valence-corrected chi connectivity index (χ2v) is 3.55. The van der Waals surface area contributed by atoms with Crippen LogP contribution in [0.1, 0.15) is 11.5 Å². The van der Waals surface area contributed by atoms with Crippen molar-refractivity contribution in [3.05, 3.63) is 23.8 Å². The van der Waals surface area contributed by atoms with E-state index in [1.165, 1.54) is 11.2 Å². The number of aryl methyl sites for hydroxylation is 1. The van der Waals surface area contributed by atoms with Gasteiger partial charge < -0.3 is 9.42 Å². The third kappa shape index (κ3) is 2.80. The fourth-order valence-corrected chi connectivity index (χ4v) is 1.26. The van der Waals surface area contributed by atoms with Crippen LogP contribution in [0.3, 0.4) is 0 Å². The summed E-state index contributed by atoms with van der Waals surface area (Å²) in [7, 11) is 1.64. The van der Waals surface area contributed by atoms with E-state index in [9.17, 15) is 4.79 Å². The van der Waals surface area contributed by atoms with Crippen molar-refractivity contribution in [2.24, 2.45) is 0 Å². The molecule has 2 amide bonds. The van der Waals surface area contributed by atoms with Gasteiger partial charge in [-0.25, -0.2) is 9.89 Å². The Balaban J connectivity index is 1.91. The summed E-state index contributed by atoms with van der Waals surface area (Å²) in [4.78, 5) is 16.9. The Morgan fingerprint density at radius 2 is 2.47 bits per heavy atom. The highest BCUT2D eigenvalue weighted by atomic mass is 16.5. The quantitative estimate of drug-likeness (QED) is 0.819. The van der Waals surface area contributed by atoms with Crippen molar-refractivity contribution in [3.63, 3.8) is 0 Å². The van der Waals surface area contributed by atoms with Gasteiger partial charge in [0.25, 0.3) is 0 Å². The van der Waals surface area contributed by atoms with Crippen molar-refractivity contribution in [2.75, 3.05) is 12.4 Å². The molecule has 2 aromatic rings. The molecule has 0 bridgehead atoms. The number of H-pyrrole nitrogens is 1. The molecule has 2 aromatic heterocycles. The van der Waals surface area contributed by atoms with Crippen molar-refractivity contribution < 1.29 is 9.32 Å². The van der Waals surface area contributed by atoms with Crippen LogP contribution in [0.4, 0.5) is 10.7 Å². The molecule has 2 heterocycles. The van der Waals surface area contributed by atoms with Crippen LogP contribution in [0, 0.1) is 6.92 Å². The fraction of sp³-hybridized carbons (Fsp3) is 0.333. The van der Waals surface area contributed by atoms with Gasteiger partial charge in [-0.15, -0.1) is 0 Å². The number of rotatable bonds is 3. The predicted octanol–water partition coefficient (Wildman–Crippen LogP) is 0.765. The number of aromatic nitrogens is 4. The maximum Gasteiger partial charge on any atom is 0.324 e. The van der Waals surface area contributed by atoms with Crippen LogP contribution >= 0.6 is 0 Å². The summed E-state index contributed by atoms with van der Waals surface area (Å²) >= 11 is 0. The van der Waals surface area contributed by atoms with Gasteiger partial charge in [-0.1, -0.05) is 5.16 Å². The van der Waals surface area contributed by atoms with E-state index in [1.54, 1.807) is 13.1 Å². The molecule has 0 unspecified atom stereocenters. The monoisotopic (exact) mass is 236 g/mol. The molecular formula is C9H12N6O2. The SMILES string of the molecule is Cc1cc(CN(C)C(=O)Nc2ncn[nH]2)on1. The molecule has 8 nitrogen and oxygen atoms in total. The zero-order chi connectivity index (χ0) is 12.3. The van der Waals surface area contributed by atoms with Crippen molar-refractivity contribution >= 4 is 12.0 Å². The Labute approximate surface area is 97.0 Å². The van der Waals surface area contributed by atoms with E-state index in [2.05, 4.69) is 25.7 Å². The number of amides is 2. The number of carbonyl (C=O) groups is 1. The summed E-state index contributed by atoms with van der Waals surface area (Å²) in [5.74, 6) is 0.924. The van der Waals surface area contributed by atoms with Crippen LogP contribution in [-0.2, 0) is 6.54 Å². The van der Waals surface area contributed by atoms with Crippen molar-refractivity contribution in [1.29, 1.82) is 0 Å². The van der Waals surface area contributed by atoms with Gasteiger partial charge in [0.2, 0.25) is 5.95 Å². The van der Waals surface area contributed by atoms with Crippen LogP contribution < -0.4 is 5.32 Å². The normalized spacial score (nSPS) is 10.2. The lowest BCUT2D eigenvalue weighted by Crippen LogP contribution is -2.31. The van der Waals surface area contributed by atoms with Crippen LogP contribution in [-0.4, -0.2) is 38.3 Å². The molecule has 0 aromatic carbocycles. The number of hydrogen-bond acceptors (Lipinski definition) is 5. The minimum atomic E-state index is -0.309. The Hall–Kier alpha value is -2.38. The first-order valence-corrected chi connectivity index (χ1v) is 4.95. The zero-order valence-electron chi connectivity index (χ0n) is 9.47. The van der Waals surface area contributed by atoms with Gasteiger partial charge in [-0.3, -0.25) is 5.32 Å². The van der Waals surface area contributed by atoms with E-state index < -0.39 is 0 Å².